The van der Waals surface area contributed by atoms with Gasteiger partial charge in [0.05, 0.1) is 5.75 Å². The number of pyridine rings is 1. The molecule has 5 heteroatoms. The number of amides is 1. The smallest absolute Gasteiger partial charge is 0.230 e. The fourth-order valence-corrected chi connectivity index (χ4v) is 2.18. The van der Waals surface area contributed by atoms with Crippen molar-refractivity contribution in [1.82, 2.24) is 15.6 Å². The standard InChI is InChI=1S/C13H21N3OS/c1-2-5-14-7-8-16-13(17)11-18-10-12-4-3-6-15-9-12/h3-4,6,9,14H,2,5,7-8,10-11H2,1H3,(H,16,17). The molecule has 2 N–H and O–H groups in total. The van der Waals surface area contributed by atoms with E-state index >= 15 is 0 Å². The Kier molecular flexibility index (Phi) is 8.25. The number of aromatic nitrogens is 1. The zero-order valence-corrected chi connectivity index (χ0v) is 11.6. The van der Waals surface area contributed by atoms with E-state index in [0.717, 1.165) is 30.8 Å². The van der Waals surface area contributed by atoms with Gasteiger partial charge in [0.2, 0.25) is 5.91 Å². The quantitative estimate of drug-likeness (QED) is 0.665. The van der Waals surface area contributed by atoms with Gasteiger partial charge in [0.15, 0.2) is 0 Å². The van der Waals surface area contributed by atoms with E-state index in [1.807, 2.05) is 18.3 Å². The second-order valence-electron chi connectivity index (χ2n) is 3.95. The third-order valence-corrected chi connectivity index (χ3v) is 3.28. The number of nitrogens with one attached hydrogen (secondary N) is 2. The van der Waals surface area contributed by atoms with Crippen molar-refractivity contribution in [1.29, 1.82) is 0 Å². The second-order valence-corrected chi connectivity index (χ2v) is 4.94. The van der Waals surface area contributed by atoms with E-state index in [1.54, 1.807) is 18.0 Å². The van der Waals surface area contributed by atoms with Crippen molar-refractivity contribution in [2.45, 2.75) is 19.1 Å². The lowest BCUT2D eigenvalue weighted by molar-refractivity contribution is -0.118. The predicted octanol–water partition coefficient (Wildman–Crippen LogP) is 1.43. The first-order valence-corrected chi connectivity index (χ1v) is 7.42. The first-order chi connectivity index (χ1) is 8.83. The predicted molar refractivity (Wildman–Crippen MR) is 76.6 cm³/mol. The van der Waals surface area contributed by atoms with E-state index in [-0.39, 0.29) is 5.91 Å². The number of carbonyl (C=O) groups excluding carboxylic acids is 1. The molecule has 0 aliphatic heterocycles. The number of nitrogens with zero attached hydrogens (tertiary/aromatic N) is 1. The molecule has 0 fully saturated rings. The molecule has 18 heavy (non-hydrogen) atoms. The first-order valence-electron chi connectivity index (χ1n) is 6.27. The van der Waals surface area contributed by atoms with Gasteiger partial charge >= 0.3 is 0 Å². The summed E-state index contributed by atoms with van der Waals surface area (Å²) in [6.07, 6.45) is 4.71. The molecule has 0 radical (unpaired) electrons. The third-order valence-electron chi connectivity index (χ3n) is 2.28. The van der Waals surface area contributed by atoms with Gasteiger partial charge < -0.3 is 10.6 Å². The van der Waals surface area contributed by atoms with Crippen molar-refractivity contribution in [3.05, 3.63) is 30.1 Å². The van der Waals surface area contributed by atoms with Crippen LogP contribution >= 0.6 is 11.8 Å². The molecule has 1 aromatic rings. The van der Waals surface area contributed by atoms with Crippen LogP contribution in [0.25, 0.3) is 0 Å². The highest BCUT2D eigenvalue weighted by Gasteiger charge is 2.01. The van der Waals surface area contributed by atoms with Crippen LogP contribution in [0, 0.1) is 0 Å². The van der Waals surface area contributed by atoms with Crippen molar-refractivity contribution >= 4 is 17.7 Å². The first kappa shape index (κ1) is 15.0. The number of carbonyl (C=O) groups is 1. The summed E-state index contributed by atoms with van der Waals surface area (Å²) < 4.78 is 0. The zero-order valence-electron chi connectivity index (χ0n) is 10.8. The Bertz CT molecular complexity index is 332. The van der Waals surface area contributed by atoms with Crippen LogP contribution in [0.2, 0.25) is 0 Å². The Morgan fingerprint density at radius 3 is 3.00 bits per heavy atom. The maximum absolute atomic E-state index is 11.5. The summed E-state index contributed by atoms with van der Waals surface area (Å²) in [6.45, 7) is 4.67. The van der Waals surface area contributed by atoms with Crippen LogP contribution in [-0.4, -0.2) is 36.3 Å². The average molecular weight is 267 g/mol. The normalized spacial score (nSPS) is 10.3. The summed E-state index contributed by atoms with van der Waals surface area (Å²) in [5.41, 5.74) is 1.15. The highest BCUT2D eigenvalue weighted by atomic mass is 32.2. The van der Waals surface area contributed by atoms with Crippen molar-refractivity contribution < 1.29 is 4.79 Å². The number of thioether (sulfide) groups is 1. The molecule has 4 nitrogen and oxygen atoms in total. The molecule has 0 saturated heterocycles. The molecule has 0 saturated carbocycles. The fourth-order valence-electron chi connectivity index (χ4n) is 1.39. The van der Waals surface area contributed by atoms with Crippen LogP contribution in [-0.2, 0) is 10.5 Å². The van der Waals surface area contributed by atoms with Crippen molar-refractivity contribution in [3.63, 3.8) is 0 Å². The zero-order chi connectivity index (χ0) is 13.1. The topological polar surface area (TPSA) is 54.0 Å². The highest BCUT2D eigenvalue weighted by molar-refractivity contribution is 7.99. The summed E-state index contributed by atoms with van der Waals surface area (Å²) in [6, 6.07) is 3.93. The molecule has 0 unspecified atom stereocenters. The van der Waals surface area contributed by atoms with Crippen LogP contribution in [0.3, 0.4) is 0 Å². The third kappa shape index (κ3) is 7.29. The largest absolute Gasteiger partial charge is 0.354 e. The maximum atomic E-state index is 11.5. The Morgan fingerprint density at radius 1 is 1.39 bits per heavy atom. The van der Waals surface area contributed by atoms with Gasteiger partial charge in [0.25, 0.3) is 0 Å². The molecule has 1 amide bonds. The van der Waals surface area contributed by atoms with E-state index in [2.05, 4.69) is 22.5 Å². The maximum Gasteiger partial charge on any atom is 0.230 e. The number of rotatable bonds is 9. The number of hydrogen-bond donors (Lipinski definition) is 2. The molecule has 1 heterocycles. The molecule has 0 aromatic carbocycles. The molecular formula is C13H21N3OS. The van der Waals surface area contributed by atoms with Crippen LogP contribution < -0.4 is 10.6 Å². The summed E-state index contributed by atoms with van der Waals surface area (Å²) in [5.74, 6) is 1.43. The number of hydrogen-bond acceptors (Lipinski definition) is 4. The van der Waals surface area contributed by atoms with Crippen molar-refractivity contribution in [2.24, 2.45) is 0 Å². The van der Waals surface area contributed by atoms with E-state index in [1.165, 1.54) is 0 Å². The van der Waals surface area contributed by atoms with E-state index in [4.69, 9.17) is 0 Å². The van der Waals surface area contributed by atoms with Gasteiger partial charge in [-0.1, -0.05) is 13.0 Å². The molecule has 1 aromatic heterocycles. The fraction of sp³-hybridized carbons (Fsp3) is 0.538. The van der Waals surface area contributed by atoms with Gasteiger partial charge in [0.1, 0.15) is 0 Å². The molecule has 0 aliphatic carbocycles. The van der Waals surface area contributed by atoms with Crippen LogP contribution in [0.15, 0.2) is 24.5 Å². The molecular weight excluding hydrogens is 246 g/mol. The minimum absolute atomic E-state index is 0.0992. The molecule has 0 bridgehead atoms. The van der Waals surface area contributed by atoms with E-state index in [9.17, 15) is 4.79 Å². The molecule has 100 valence electrons. The van der Waals surface area contributed by atoms with Crippen LogP contribution in [0.4, 0.5) is 0 Å². The lowest BCUT2D eigenvalue weighted by Gasteiger charge is -2.06. The van der Waals surface area contributed by atoms with Gasteiger partial charge in [-0.25, -0.2) is 0 Å². The minimum atomic E-state index is 0.0992. The second kappa shape index (κ2) is 9.91. The van der Waals surface area contributed by atoms with Crippen LogP contribution in [0.1, 0.15) is 18.9 Å². The van der Waals surface area contributed by atoms with Crippen LogP contribution in [0.5, 0.6) is 0 Å². The Hall–Kier alpha value is -1.07. The SMILES string of the molecule is CCCNCCNC(=O)CSCc1cccnc1. The summed E-state index contributed by atoms with van der Waals surface area (Å²) >= 11 is 1.61. The minimum Gasteiger partial charge on any atom is -0.354 e. The van der Waals surface area contributed by atoms with Gasteiger partial charge in [-0.3, -0.25) is 9.78 Å². The van der Waals surface area contributed by atoms with Gasteiger partial charge in [-0.05, 0) is 24.6 Å². The van der Waals surface area contributed by atoms with E-state index < -0.39 is 0 Å². The Morgan fingerprint density at radius 2 is 2.28 bits per heavy atom. The molecule has 0 spiro atoms. The summed E-state index contributed by atoms with van der Waals surface area (Å²) in [4.78, 5) is 15.5. The highest BCUT2D eigenvalue weighted by Crippen LogP contribution is 2.09. The molecule has 1 rings (SSSR count). The lowest BCUT2D eigenvalue weighted by atomic mass is 10.3. The summed E-state index contributed by atoms with van der Waals surface area (Å²) in [7, 11) is 0. The van der Waals surface area contributed by atoms with Crippen molar-refractivity contribution in [2.75, 3.05) is 25.4 Å². The average Bonchev–Trinajstić information content (AvgIpc) is 2.40. The Balaban J connectivity index is 2.00. The van der Waals surface area contributed by atoms with Gasteiger partial charge in [-0.2, -0.15) is 0 Å². The molecule has 0 aliphatic rings. The Labute approximate surface area is 113 Å². The van der Waals surface area contributed by atoms with Crippen molar-refractivity contribution in [3.8, 4) is 0 Å². The van der Waals surface area contributed by atoms with E-state index in [0.29, 0.717) is 12.3 Å². The van der Waals surface area contributed by atoms with Gasteiger partial charge in [0, 0.05) is 31.2 Å². The van der Waals surface area contributed by atoms with Gasteiger partial charge in [-0.15, -0.1) is 11.8 Å². The monoisotopic (exact) mass is 267 g/mol. The lowest BCUT2D eigenvalue weighted by Crippen LogP contribution is -2.33. The molecule has 0 atom stereocenters. The summed E-state index contributed by atoms with van der Waals surface area (Å²) in [5, 5.41) is 6.13.